The number of rotatable bonds is 5. The van der Waals surface area contributed by atoms with Crippen molar-refractivity contribution in [1.82, 2.24) is 0 Å². The van der Waals surface area contributed by atoms with Gasteiger partial charge in [0.05, 0.1) is 0 Å². The van der Waals surface area contributed by atoms with Gasteiger partial charge in [0, 0.05) is 0 Å². The van der Waals surface area contributed by atoms with Gasteiger partial charge in [-0.2, -0.15) is 0 Å². The molecule has 11 heavy (non-hydrogen) atoms. The zero-order valence-electron chi connectivity index (χ0n) is 7.90. The number of nitrogens with two attached hydrogens (primary N) is 1. The maximum atomic E-state index is 5.59. The molecule has 0 radical (unpaired) electrons. The van der Waals surface area contributed by atoms with Crippen molar-refractivity contribution in [2.24, 2.45) is 17.1 Å². The van der Waals surface area contributed by atoms with Crippen LogP contribution in [0.5, 0.6) is 0 Å². The lowest BCUT2D eigenvalue weighted by molar-refractivity contribution is 0.294. The highest BCUT2D eigenvalue weighted by molar-refractivity contribution is 4.96. The van der Waals surface area contributed by atoms with Crippen LogP contribution < -0.4 is 5.73 Å². The van der Waals surface area contributed by atoms with E-state index in [0.717, 1.165) is 12.5 Å². The summed E-state index contributed by atoms with van der Waals surface area (Å²) in [4.78, 5) is 0. The van der Waals surface area contributed by atoms with Gasteiger partial charge in [0.2, 0.25) is 0 Å². The van der Waals surface area contributed by atoms with Crippen LogP contribution in [-0.4, -0.2) is 6.54 Å². The molecule has 1 aliphatic rings. The fraction of sp³-hybridized carbons (Fsp3) is 1.00. The molecule has 1 nitrogen and oxygen atoms in total. The third-order valence-corrected chi connectivity index (χ3v) is 3.30. The Kier molecular flexibility index (Phi) is 2.94. The zero-order valence-corrected chi connectivity index (χ0v) is 7.90. The molecular formula is C10H21N. The molecule has 0 bridgehead atoms. The van der Waals surface area contributed by atoms with Crippen LogP contribution in [0.2, 0.25) is 0 Å². The quantitative estimate of drug-likeness (QED) is 0.648. The van der Waals surface area contributed by atoms with Crippen LogP contribution in [0.15, 0.2) is 0 Å². The molecule has 0 spiro atoms. The van der Waals surface area contributed by atoms with Crippen molar-refractivity contribution in [1.29, 1.82) is 0 Å². The summed E-state index contributed by atoms with van der Waals surface area (Å²) in [5, 5.41) is 0. The van der Waals surface area contributed by atoms with E-state index in [2.05, 4.69) is 13.8 Å². The number of hydrogen-bond donors (Lipinski definition) is 1. The predicted molar refractivity (Wildman–Crippen MR) is 49.4 cm³/mol. The molecule has 0 amide bonds. The molecule has 0 aromatic carbocycles. The molecule has 1 rings (SSSR count). The van der Waals surface area contributed by atoms with Gasteiger partial charge in [-0.15, -0.1) is 0 Å². The Hall–Kier alpha value is -0.0400. The Morgan fingerprint density at radius 3 is 2.45 bits per heavy atom. The standard InChI is InChI=1S/C10H21N/c1-3-4-9(2)10(5-6-10)7-8-11/h9H,3-8,11H2,1-2H3. The molecule has 0 aromatic heterocycles. The van der Waals surface area contributed by atoms with Crippen molar-refractivity contribution < 1.29 is 0 Å². The first-order chi connectivity index (χ1) is 5.25. The molecule has 1 saturated carbocycles. The van der Waals surface area contributed by atoms with E-state index in [1.54, 1.807) is 0 Å². The van der Waals surface area contributed by atoms with Gasteiger partial charge in [-0.3, -0.25) is 0 Å². The molecule has 2 N–H and O–H groups in total. The molecule has 1 heteroatoms. The van der Waals surface area contributed by atoms with Gasteiger partial charge in [0.1, 0.15) is 0 Å². The van der Waals surface area contributed by atoms with E-state index >= 15 is 0 Å². The molecular weight excluding hydrogens is 134 g/mol. The van der Waals surface area contributed by atoms with Gasteiger partial charge in [-0.05, 0) is 37.1 Å². The van der Waals surface area contributed by atoms with E-state index in [0.29, 0.717) is 5.41 Å². The summed E-state index contributed by atoms with van der Waals surface area (Å²) in [6.07, 6.45) is 6.85. The lowest BCUT2D eigenvalue weighted by Gasteiger charge is -2.21. The number of hydrogen-bond acceptors (Lipinski definition) is 1. The van der Waals surface area contributed by atoms with Crippen molar-refractivity contribution in [2.75, 3.05) is 6.54 Å². The second kappa shape index (κ2) is 3.57. The van der Waals surface area contributed by atoms with E-state index in [-0.39, 0.29) is 0 Å². The Labute approximate surface area is 70.4 Å². The fourth-order valence-electron chi connectivity index (χ4n) is 2.18. The Balaban J connectivity index is 2.31. The third kappa shape index (κ3) is 1.96. The van der Waals surface area contributed by atoms with Gasteiger partial charge in [-0.1, -0.05) is 26.7 Å². The topological polar surface area (TPSA) is 26.0 Å². The summed E-state index contributed by atoms with van der Waals surface area (Å²) in [5.41, 5.74) is 6.27. The smallest absolute Gasteiger partial charge is 0.00719 e. The predicted octanol–water partition coefficient (Wildman–Crippen LogP) is 2.55. The van der Waals surface area contributed by atoms with Crippen molar-refractivity contribution in [3.63, 3.8) is 0 Å². The largest absolute Gasteiger partial charge is 0.330 e. The first-order valence-corrected chi connectivity index (χ1v) is 4.95. The van der Waals surface area contributed by atoms with Crippen LogP contribution in [0.25, 0.3) is 0 Å². The minimum Gasteiger partial charge on any atom is -0.330 e. The molecule has 66 valence electrons. The highest BCUT2D eigenvalue weighted by Crippen LogP contribution is 2.55. The van der Waals surface area contributed by atoms with E-state index in [1.165, 1.54) is 32.1 Å². The zero-order chi connectivity index (χ0) is 8.32. The van der Waals surface area contributed by atoms with Crippen LogP contribution >= 0.6 is 0 Å². The van der Waals surface area contributed by atoms with Crippen LogP contribution in [0.3, 0.4) is 0 Å². The molecule has 1 unspecified atom stereocenters. The van der Waals surface area contributed by atoms with Gasteiger partial charge >= 0.3 is 0 Å². The summed E-state index contributed by atoms with van der Waals surface area (Å²) < 4.78 is 0. The second-order valence-corrected chi connectivity index (χ2v) is 4.09. The minimum atomic E-state index is 0.685. The monoisotopic (exact) mass is 155 g/mol. The van der Waals surface area contributed by atoms with E-state index in [4.69, 9.17) is 5.73 Å². The normalized spacial score (nSPS) is 23.2. The van der Waals surface area contributed by atoms with Crippen molar-refractivity contribution >= 4 is 0 Å². The molecule has 0 aliphatic heterocycles. The maximum Gasteiger partial charge on any atom is -0.00719 e. The van der Waals surface area contributed by atoms with Gasteiger partial charge in [0.25, 0.3) is 0 Å². The molecule has 1 atom stereocenters. The van der Waals surface area contributed by atoms with Crippen LogP contribution in [0, 0.1) is 11.3 Å². The average Bonchev–Trinajstić information content (AvgIpc) is 2.71. The lowest BCUT2D eigenvalue weighted by atomic mass is 9.84. The molecule has 0 aromatic rings. The summed E-state index contributed by atoms with van der Waals surface area (Å²) in [7, 11) is 0. The first-order valence-electron chi connectivity index (χ1n) is 4.95. The molecule has 0 saturated heterocycles. The van der Waals surface area contributed by atoms with Gasteiger partial charge in [-0.25, -0.2) is 0 Å². The summed E-state index contributed by atoms with van der Waals surface area (Å²) in [5.74, 6) is 0.913. The van der Waals surface area contributed by atoms with E-state index in [9.17, 15) is 0 Å². The first kappa shape index (κ1) is 9.05. The van der Waals surface area contributed by atoms with Crippen molar-refractivity contribution in [3.8, 4) is 0 Å². The maximum absolute atomic E-state index is 5.59. The summed E-state index contributed by atoms with van der Waals surface area (Å²) >= 11 is 0. The van der Waals surface area contributed by atoms with E-state index in [1.807, 2.05) is 0 Å². The SMILES string of the molecule is CCCC(C)C1(CCN)CC1. The highest BCUT2D eigenvalue weighted by atomic mass is 14.6. The Morgan fingerprint density at radius 2 is 2.09 bits per heavy atom. The van der Waals surface area contributed by atoms with Crippen molar-refractivity contribution in [3.05, 3.63) is 0 Å². The Bertz CT molecular complexity index is 116. The summed E-state index contributed by atoms with van der Waals surface area (Å²) in [6.45, 7) is 5.55. The minimum absolute atomic E-state index is 0.685. The molecule has 0 heterocycles. The average molecular weight is 155 g/mol. The van der Waals surface area contributed by atoms with Crippen LogP contribution in [-0.2, 0) is 0 Å². The van der Waals surface area contributed by atoms with Crippen molar-refractivity contribution in [2.45, 2.75) is 46.0 Å². The highest BCUT2D eigenvalue weighted by Gasteiger charge is 2.45. The van der Waals surface area contributed by atoms with E-state index < -0.39 is 0 Å². The van der Waals surface area contributed by atoms with Crippen LogP contribution in [0.1, 0.15) is 46.0 Å². The van der Waals surface area contributed by atoms with Crippen LogP contribution in [0.4, 0.5) is 0 Å². The Morgan fingerprint density at radius 1 is 1.45 bits per heavy atom. The summed E-state index contributed by atoms with van der Waals surface area (Å²) in [6, 6.07) is 0. The third-order valence-electron chi connectivity index (χ3n) is 3.30. The molecule has 1 fully saturated rings. The lowest BCUT2D eigenvalue weighted by Crippen LogP contribution is -2.17. The second-order valence-electron chi connectivity index (χ2n) is 4.09. The van der Waals surface area contributed by atoms with Gasteiger partial charge in [0.15, 0.2) is 0 Å². The molecule has 1 aliphatic carbocycles. The van der Waals surface area contributed by atoms with Gasteiger partial charge < -0.3 is 5.73 Å². The fourth-order valence-corrected chi connectivity index (χ4v) is 2.18.